The molecule has 2 amide bonds. The van der Waals surface area contributed by atoms with Crippen molar-refractivity contribution in [1.29, 1.82) is 0 Å². The Labute approximate surface area is 107 Å². The summed E-state index contributed by atoms with van der Waals surface area (Å²) in [6.07, 6.45) is 0. The summed E-state index contributed by atoms with van der Waals surface area (Å²) in [5.41, 5.74) is 6.24. The maximum atomic E-state index is 11.8. The number of primary amides is 1. The lowest BCUT2D eigenvalue weighted by molar-refractivity contribution is -0.128. The Hall–Kier alpha value is -2.04. The second-order valence-electron chi connectivity index (χ2n) is 3.83. The van der Waals surface area contributed by atoms with E-state index in [1.165, 1.54) is 0 Å². The van der Waals surface area contributed by atoms with E-state index in [0.29, 0.717) is 24.3 Å². The van der Waals surface area contributed by atoms with E-state index in [0.717, 1.165) is 0 Å². The molecule has 3 N–H and O–H groups in total. The number of carbonyl (C=O) groups is 2. The normalized spacial score (nSPS) is 9.89. The van der Waals surface area contributed by atoms with Gasteiger partial charge >= 0.3 is 0 Å². The SMILES string of the molecule is CCN(CC)C(=O)CNc1ccccc1C(N)=O. The molecule has 5 nitrogen and oxygen atoms in total. The molecule has 1 rings (SSSR count). The first-order valence-electron chi connectivity index (χ1n) is 6.00. The average molecular weight is 249 g/mol. The number of nitrogens with one attached hydrogen (secondary N) is 1. The molecular weight excluding hydrogens is 230 g/mol. The van der Waals surface area contributed by atoms with Gasteiger partial charge in [0.15, 0.2) is 0 Å². The number of benzene rings is 1. The predicted octanol–water partition coefficient (Wildman–Crippen LogP) is 1.07. The van der Waals surface area contributed by atoms with E-state index in [9.17, 15) is 9.59 Å². The standard InChI is InChI=1S/C13H19N3O2/c1-3-16(4-2)12(17)9-15-11-8-6-5-7-10(11)13(14)18/h5-8,15H,3-4,9H2,1-2H3,(H2,14,18). The Balaban J connectivity index is 2.69. The van der Waals surface area contributed by atoms with Crippen molar-refractivity contribution in [3.8, 4) is 0 Å². The van der Waals surface area contributed by atoms with Gasteiger partial charge in [0.2, 0.25) is 5.91 Å². The fourth-order valence-corrected chi connectivity index (χ4v) is 1.71. The van der Waals surface area contributed by atoms with E-state index in [-0.39, 0.29) is 12.5 Å². The van der Waals surface area contributed by atoms with Crippen LogP contribution in [-0.2, 0) is 4.79 Å². The summed E-state index contributed by atoms with van der Waals surface area (Å²) in [6, 6.07) is 6.89. The van der Waals surface area contributed by atoms with Crippen molar-refractivity contribution in [2.24, 2.45) is 5.73 Å². The van der Waals surface area contributed by atoms with Crippen LogP contribution in [0.15, 0.2) is 24.3 Å². The molecule has 0 unspecified atom stereocenters. The van der Waals surface area contributed by atoms with Crippen molar-refractivity contribution in [1.82, 2.24) is 4.90 Å². The summed E-state index contributed by atoms with van der Waals surface area (Å²) in [5, 5.41) is 2.95. The number of rotatable bonds is 6. The lowest BCUT2D eigenvalue weighted by Crippen LogP contribution is -2.35. The van der Waals surface area contributed by atoms with Crippen molar-refractivity contribution in [3.05, 3.63) is 29.8 Å². The van der Waals surface area contributed by atoms with Crippen molar-refractivity contribution < 1.29 is 9.59 Å². The molecule has 0 aliphatic carbocycles. The van der Waals surface area contributed by atoms with Gasteiger partial charge in [-0.25, -0.2) is 0 Å². The molecule has 0 saturated carbocycles. The predicted molar refractivity (Wildman–Crippen MR) is 71.4 cm³/mol. The zero-order chi connectivity index (χ0) is 13.5. The molecule has 18 heavy (non-hydrogen) atoms. The minimum Gasteiger partial charge on any atom is -0.376 e. The van der Waals surface area contributed by atoms with Crippen LogP contribution in [0.1, 0.15) is 24.2 Å². The Kier molecular flexibility index (Phi) is 5.17. The number of para-hydroxylation sites is 1. The zero-order valence-corrected chi connectivity index (χ0v) is 10.8. The molecule has 98 valence electrons. The first-order valence-corrected chi connectivity index (χ1v) is 6.00. The second-order valence-corrected chi connectivity index (χ2v) is 3.83. The highest BCUT2D eigenvalue weighted by molar-refractivity contribution is 5.98. The number of anilines is 1. The average Bonchev–Trinajstić information content (AvgIpc) is 2.38. The highest BCUT2D eigenvalue weighted by Crippen LogP contribution is 2.13. The summed E-state index contributed by atoms with van der Waals surface area (Å²) in [6.45, 7) is 5.37. The number of carbonyl (C=O) groups excluding carboxylic acids is 2. The first kappa shape index (κ1) is 14.0. The maximum absolute atomic E-state index is 11.8. The van der Waals surface area contributed by atoms with Crippen LogP contribution in [0.25, 0.3) is 0 Å². The molecule has 0 spiro atoms. The van der Waals surface area contributed by atoms with Crippen LogP contribution >= 0.6 is 0 Å². The zero-order valence-electron chi connectivity index (χ0n) is 10.8. The monoisotopic (exact) mass is 249 g/mol. The van der Waals surface area contributed by atoms with Gasteiger partial charge in [-0.1, -0.05) is 12.1 Å². The van der Waals surface area contributed by atoms with Crippen molar-refractivity contribution in [2.75, 3.05) is 25.0 Å². The number of hydrogen-bond donors (Lipinski definition) is 2. The molecule has 0 saturated heterocycles. The third-order valence-electron chi connectivity index (χ3n) is 2.74. The number of hydrogen-bond acceptors (Lipinski definition) is 3. The van der Waals surface area contributed by atoms with Crippen LogP contribution < -0.4 is 11.1 Å². The number of likely N-dealkylation sites (N-methyl/N-ethyl adjacent to an activating group) is 1. The lowest BCUT2D eigenvalue weighted by atomic mass is 10.1. The molecule has 0 heterocycles. The van der Waals surface area contributed by atoms with Crippen LogP contribution in [0.5, 0.6) is 0 Å². The summed E-state index contributed by atoms with van der Waals surface area (Å²) in [4.78, 5) is 24.7. The largest absolute Gasteiger partial charge is 0.376 e. The molecule has 0 aromatic heterocycles. The third kappa shape index (κ3) is 3.48. The third-order valence-corrected chi connectivity index (χ3v) is 2.74. The van der Waals surface area contributed by atoms with Crippen LogP contribution in [0.4, 0.5) is 5.69 Å². The maximum Gasteiger partial charge on any atom is 0.250 e. The first-order chi connectivity index (χ1) is 8.60. The topological polar surface area (TPSA) is 75.4 Å². The van der Waals surface area contributed by atoms with Gasteiger partial charge < -0.3 is 16.0 Å². The molecule has 0 fully saturated rings. The fourth-order valence-electron chi connectivity index (χ4n) is 1.71. The van der Waals surface area contributed by atoms with Crippen LogP contribution in [-0.4, -0.2) is 36.3 Å². The molecule has 0 atom stereocenters. The molecule has 5 heteroatoms. The fraction of sp³-hybridized carbons (Fsp3) is 0.385. The molecule has 0 bridgehead atoms. The molecule has 1 aromatic rings. The van der Waals surface area contributed by atoms with Gasteiger partial charge in [-0.05, 0) is 26.0 Å². The van der Waals surface area contributed by atoms with Gasteiger partial charge in [0.1, 0.15) is 0 Å². The van der Waals surface area contributed by atoms with Gasteiger partial charge in [0, 0.05) is 18.8 Å². The van der Waals surface area contributed by atoms with Gasteiger partial charge in [0.25, 0.3) is 5.91 Å². The number of amides is 2. The van der Waals surface area contributed by atoms with Gasteiger partial charge in [-0.2, -0.15) is 0 Å². The van der Waals surface area contributed by atoms with E-state index in [1.54, 1.807) is 29.2 Å². The lowest BCUT2D eigenvalue weighted by Gasteiger charge is -2.19. The van der Waals surface area contributed by atoms with E-state index >= 15 is 0 Å². The van der Waals surface area contributed by atoms with Gasteiger partial charge in [0.05, 0.1) is 12.1 Å². The quantitative estimate of drug-likeness (QED) is 0.791. The minimum absolute atomic E-state index is 0.000673. The minimum atomic E-state index is -0.506. The van der Waals surface area contributed by atoms with Gasteiger partial charge in [-0.15, -0.1) is 0 Å². The molecule has 0 radical (unpaired) electrons. The summed E-state index contributed by atoms with van der Waals surface area (Å²) in [7, 11) is 0. The van der Waals surface area contributed by atoms with Crippen LogP contribution in [0, 0.1) is 0 Å². The molecule has 0 aliphatic rings. The molecule has 0 aliphatic heterocycles. The second kappa shape index (κ2) is 6.64. The van der Waals surface area contributed by atoms with E-state index < -0.39 is 5.91 Å². The van der Waals surface area contributed by atoms with E-state index in [1.807, 2.05) is 13.8 Å². The highest BCUT2D eigenvalue weighted by Gasteiger charge is 2.11. The Morgan fingerprint density at radius 1 is 1.22 bits per heavy atom. The van der Waals surface area contributed by atoms with Crippen LogP contribution in [0.2, 0.25) is 0 Å². The Bertz CT molecular complexity index is 428. The summed E-state index contributed by atoms with van der Waals surface area (Å²) >= 11 is 0. The van der Waals surface area contributed by atoms with Crippen LogP contribution in [0.3, 0.4) is 0 Å². The van der Waals surface area contributed by atoms with Gasteiger partial charge in [-0.3, -0.25) is 9.59 Å². The van der Waals surface area contributed by atoms with E-state index in [2.05, 4.69) is 5.32 Å². The Morgan fingerprint density at radius 3 is 2.39 bits per heavy atom. The van der Waals surface area contributed by atoms with Crippen molar-refractivity contribution >= 4 is 17.5 Å². The number of nitrogens with zero attached hydrogens (tertiary/aromatic N) is 1. The Morgan fingerprint density at radius 2 is 1.83 bits per heavy atom. The van der Waals surface area contributed by atoms with Crippen molar-refractivity contribution in [2.45, 2.75) is 13.8 Å². The molecule has 1 aromatic carbocycles. The summed E-state index contributed by atoms with van der Waals surface area (Å²) in [5.74, 6) is -0.507. The van der Waals surface area contributed by atoms with Crippen molar-refractivity contribution in [3.63, 3.8) is 0 Å². The smallest absolute Gasteiger partial charge is 0.250 e. The summed E-state index contributed by atoms with van der Waals surface area (Å²) < 4.78 is 0. The molecular formula is C13H19N3O2. The van der Waals surface area contributed by atoms with E-state index in [4.69, 9.17) is 5.73 Å². The highest BCUT2D eigenvalue weighted by atomic mass is 16.2. The number of nitrogens with two attached hydrogens (primary N) is 1.